The van der Waals surface area contributed by atoms with Crippen molar-refractivity contribution in [2.75, 3.05) is 13.2 Å². The Labute approximate surface area is 133 Å². The first kappa shape index (κ1) is 17.3. The molecule has 2 rings (SSSR count). The lowest BCUT2D eigenvalue weighted by Crippen LogP contribution is -2.56. The van der Waals surface area contributed by atoms with Crippen molar-refractivity contribution in [1.82, 2.24) is 9.55 Å². The molecular formula is C12H17BrN2O7. The largest absolute Gasteiger partial charge is 0.465 e. The van der Waals surface area contributed by atoms with Gasteiger partial charge in [-0.25, -0.2) is 0 Å². The van der Waals surface area contributed by atoms with E-state index in [1.807, 2.05) is 0 Å². The summed E-state index contributed by atoms with van der Waals surface area (Å²) in [7, 11) is 0. The highest BCUT2D eigenvalue weighted by Crippen LogP contribution is 2.30. The smallest absolute Gasteiger partial charge is 0.301 e. The third-order valence-corrected chi connectivity index (χ3v) is 3.83. The first-order valence-corrected chi connectivity index (χ1v) is 7.42. The van der Waals surface area contributed by atoms with Gasteiger partial charge >= 0.3 is 6.01 Å². The number of halogens is 1. The number of nitrogens with zero attached hydrogens (tertiary/aromatic N) is 2. The summed E-state index contributed by atoms with van der Waals surface area (Å²) in [5.41, 5.74) is -0.565. The first-order chi connectivity index (χ1) is 10.4. The SMILES string of the molecule is CCOc1nc(=O)c(Br)cn1C1O[C@H](CO)[C@@H](O)[C@H](O)[C@H]1O. The van der Waals surface area contributed by atoms with Crippen molar-refractivity contribution >= 4 is 15.9 Å². The molecule has 1 fully saturated rings. The summed E-state index contributed by atoms with van der Waals surface area (Å²) in [6.07, 6.45) is -5.48. The molecule has 9 nitrogen and oxygen atoms in total. The zero-order chi connectivity index (χ0) is 16.4. The molecule has 0 aliphatic carbocycles. The van der Waals surface area contributed by atoms with Crippen LogP contribution in [0.2, 0.25) is 0 Å². The van der Waals surface area contributed by atoms with Crippen LogP contribution in [0, 0.1) is 0 Å². The van der Waals surface area contributed by atoms with E-state index in [0.29, 0.717) is 0 Å². The third kappa shape index (κ3) is 3.16. The lowest BCUT2D eigenvalue weighted by Gasteiger charge is -2.40. The zero-order valence-corrected chi connectivity index (χ0v) is 13.3. The Morgan fingerprint density at radius 2 is 2.05 bits per heavy atom. The number of aromatic nitrogens is 2. The molecule has 1 aromatic heterocycles. The molecule has 1 aliphatic rings. The molecule has 1 aliphatic heterocycles. The van der Waals surface area contributed by atoms with Crippen LogP contribution in [0.15, 0.2) is 15.5 Å². The molecule has 5 atom stereocenters. The molecule has 0 aromatic carbocycles. The van der Waals surface area contributed by atoms with E-state index in [1.165, 1.54) is 10.8 Å². The molecule has 2 heterocycles. The predicted molar refractivity (Wildman–Crippen MR) is 76.4 cm³/mol. The maximum atomic E-state index is 11.6. The minimum absolute atomic E-state index is 0.105. The second kappa shape index (κ2) is 7.02. The Morgan fingerprint density at radius 3 is 2.64 bits per heavy atom. The van der Waals surface area contributed by atoms with Gasteiger partial charge in [-0.1, -0.05) is 0 Å². The molecule has 0 spiro atoms. The average molecular weight is 381 g/mol. The van der Waals surface area contributed by atoms with Gasteiger partial charge in [-0.2, -0.15) is 4.98 Å². The van der Waals surface area contributed by atoms with Crippen molar-refractivity contribution in [3.05, 3.63) is 21.0 Å². The van der Waals surface area contributed by atoms with Gasteiger partial charge in [-0.05, 0) is 22.9 Å². The summed E-state index contributed by atoms with van der Waals surface area (Å²) in [6.45, 7) is 1.34. The van der Waals surface area contributed by atoms with Gasteiger partial charge < -0.3 is 29.9 Å². The molecule has 1 unspecified atom stereocenters. The third-order valence-electron chi connectivity index (χ3n) is 3.29. The summed E-state index contributed by atoms with van der Waals surface area (Å²) in [6, 6.07) is -0.111. The highest BCUT2D eigenvalue weighted by molar-refractivity contribution is 9.10. The van der Waals surface area contributed by atoms with Gasteiger partial charge in [0.2, 0.25) is 0 Å². The van der Waals surface area contributed by atoms with E-state index in [4.69, 9.17) is 9.47 Å². The average Bonchev–Trinajstić information content (AvgIpc) is 2.49. The molecule has 4 N–H and O–H groups in total. The van der Waals surface area contributed by atoms with E-state index in [-0.39, 0.29) is 17.1 Å². The highest BCUT2D eigenvalue weighted by Gasteiger charge is 2.44. The molecule has 22 heavy (non-hydrogen) atoms. The summed E-state index contributed by atoms with van der Waals surface area (Å²) >= 11 is 3.03. The number of aliphatic hydroxyl groups is 4. The zero-order valence-electron chi connectivity index (χ0n) is 11.7. The predicted octanol–water partition coefficient (Wildman–Crippen LogP) is -1.62. The van der Waals surface area contributed by atoms with Crippen molar-refractivity contribution in [2.24, 2.45) is 0 Å². The maximum absolute atomic E-state index is 11.6. The van der Waals surface area contributed by atoms with Crippen LogP contribution in [0.4, 0.5) is 0 Å². The van der Waals surface area contributed by atoms with Crippen LogP contribution in [-0.2, 0) is 4.74 Å². The monoisotopic (exact) mass is 380 g/mol. The quantitative estimate of drug-likeness (QED) is 0.489. The second-order valence-electron chi connectivity index (χ2n) is 4.74. The van der Waals surface area contributed by atoms with Gasteiger partial charge in [0.15, 0.2) is 6.23 Å². The van der Waals surface area contributed by atoms with Crippen LogP contribution in [0.5, 0.6) is 6.01 Å². The van der Waals surface area contributed by atoms with Crippen molar-refractivity contribution in [3.63, 3.8) is 0 Å². The number of hydrogen-bond acceptors (Lipinski definition) is 8. The summed E-state index contributed by atoms with van der Waals surface area (Å²) in [5.74, 6) is 0. The molecule has 0 saturated carbocycles. The Balaban J connectivity index is 2.45. The van der Waals surface area contributed by atoms with E-state index in [2.05, 4.69) is 20.9 Å². The lowest BCUT2D eigenvalue weighted by molar-refractivity contribution is -0.252. The summed E-state index contributed by atoms with van der Waals surface area (Å²) in [4.78, 5) is 15.3. The Kier molecular flexibility index (Phi) is 5.53. The molecule has 1 saturated heterocycles. The maximum Gasteiger partial charge on any atom is 0.301 e. The summed E-state index contributed by atoms with van der Waals surface area (Å²) < 4.78 is 12.0. The van der Waals surface area contributed by atoms with E-state index in [9.17, 15) is 25.2 Å². The van der Waals surface area contributed by atoms with Crippen LogP contribution in [-0.4, -0.2) is 67.6 Å². The van der Waals surface area contributed by atoms with Gasteiger partial charge in [-0.15, -0.1) is 0 Å². The standard InChI is InChI=1S/C12H17BrN2O7/c1-2-21-12-14-10(20)5(13)3-15(12)11-9(19)8(18)7(17)6(4-16)22-11/h3,6-9,11,16-19H,2,4H2,1H3/t6-,7-,8+,9-,11?/m1/s1. The Morgan fingerprint density at radius 1 is 1.36 bits per heavy atom. The van der Waals surface area contributed by atoms with Gasteiger partial charge in [0, 0.05) is 6.20 Å². The first-order valence-electron chi connectivity index (χ1n) is 6.62. The summed E-state index contributed by atoms with van der Waals surface area (Å²) in [5, 5.41) is 38.9. The van der Waals surface area contributed by atoms with Gasteiger partial charge in [0.1, 0.15) is 28.9 Å². The van der Waals surface area contributed by atoms with Crippen molar-refractivity contribution in [2.45, 2.75) is 37.6 Å². The molecule has 1 aromatic rings. The van der Waals surface area contributed by atoms with Crippen LogP contribution >= 0.6 is 15.9 Å². The fourth-order valence-corrected chi connectivity index (χ4v) is 2.47. The van der Waals surface area contributed by atoms with E-state index >= 15 is 0 Å². The number of ether oxygens (including phenoxy) is 2. The van der Waals surface area contributed by atoms with Crippen molar-refractivity contribution in [3.8, 4) is 6.01 Å². The normalized spacial score (nSPS) is 32.0. The highest BCUT2D eigenvalue weighted by atomic mass is 79.9. The number of rotatable bonds is 4. The minimum Gasteiger partial charge on any atom is -0.465 e. The van der Waals surface area contributed by atoms with Crippen LogP contribution < -0.4 is 10.3 Å². The molecule has 0 radical (unpaired) electrons. The fourth-order valence-electron chi connectivity index (χ4n) is 2.16. The lowest BCUT2D eigenvalue weighted by atomic mass is 9.98. The van der Waals surface area contributed by atoms with E-state index in [1.54, 1.807) is 6.92 Å². The Hall–Kier alpha value is -1.04. The molecular weight excluding hydrogens is 364 g/mol. The van der Waals surface area contributed by atoms with Gasteiger partial charge in [0.25, 0.3) is 5.56 Å². The van der Waals surface area contributed by atoms with E-state index < -0.39 is 42.8 Å². The van der Waals surface area contributed by atoms with Crippen LogP contribution in [0.1, 0.15) is 13.2 Å². The van der Waals surface area contributed by atoms with Crippen LogP contribution in [0.3, 0.4) is 0 Å². The van der Waals surface area contributed by atoms with Gasteiger partial charge in [-0.3, -0.25) is 9.36 Å². The topological polar surface area (TPSA) is 134 Å². The second-order valence-corrected chi connectivity index (χ2v) is 5.59. The molecule has 0 amide bonds. The van der Waals surface area contributed by atoms with Gasteiger partial charge in [0.05, 0.1) is 13.2 Å². The van der Waals surface area contributed by atoms with Crippen LogP contribution in [0.25, 0.3) is 0 Å². The molecule has 10 heteroatoms. The van der Waals surface area contributed by atoms with Crippen molar-refractivity contribution in [1.29, 1.82) is 0 Å². The van der Waals surface area contributed by atoms with E-state index in [0.717, 1.165) is 0 Å². The number of hydrogen-bond donors (Lipinski definition) is 4. The Bertz CT molecular complexity index is 579. The molecule has 0 bridgehead atoms. The minimum atomic E-state index is -1.54. The fraction of sp³-hybridized carbons (Fsp3) is 0.667. The van der Waals surface area contributed by atoms with Crippen molar-refractivity contribution < 1.29 is 29.9 Å². The number of aliphatic hydroxyl groups excluding tert-OH is 4. The molecule has 124 valence electrons.